The maximum absolute atomic E-state index is 11.9. The Labute approximate surface area is 139 Å². The van der Waals surface area contributed by atoms with Crippen molar-refractivity contribution in [1.29, 1.82) is 0 Å². The zero-order valence-corrected chi connectivity index (χ0v) is 15.0. The van der Waals surface area contributed by atoms with Gasteiger partial charge in [0, 0.05) is 19.0 Å². The Morgan fingerprint density at radius 2 is 1.95 bits per heavy atom. The van der Waals surface area contributed by atoms with Crippen LogP contribution in [-0.4, -0.2) is 30.5 Å². The van der Waals surface area contributed by atoms with Crippen molar-refractivity contribution >= 4 is 27.7 Å². The molecule has 0 fully saturated rings. The average molecular weight is 371 g/mol. The number of aryl methyl sites for hydroxylation is 1. The number of benzene rings is 1. The summed E-state index contributed by atoms with van der Waals surface area (Å²) in [4.78, 5) is 23.4. The van der Waals surface area contributed by atoms with Gasteiger partial charge in [-0.3, -0.25) is 9.59 Å². The summed E-state index contributed by atoms with van der Waals surface area (Å²) in [5, 5.41) is 5.47. The Kier molecular flexibility index (Phi) is 7.38. The van der Waals surface area contributed by atoms with Gasteiger partial charge in [-0.25, -0.2) is 0 Å². The Hall–Kier alpha value is -1.56. The molecule has 1 aromatic carbocycles. The first-order chi connectivity index (χ1) is 10.3. The number of carbonyl (C=O) groups excluding carboxylic acids is 2. The van der Waals surface area contributed by atoms with Gasteiger partial charge in [0.2, 0.25) is 5.91 Å². The quantitative estimate of drug-likeness (QED) is 0.774. The number of halogens is 1. The Morgan fingerprint density at radius 1 is 1.27 bits per heavy atom. The summed E-state index contributed by atoms with van der Waals surface area (Å²) < 4.78 is 6.43. The standard InChI is InChI=1S/C16H23BrN2O3/c1-10(2)19-15(20)7-8-18-16(21)12(4)22-14-6-5-11(3)9-13(14)17/h5-6,9-10,12H,7-8H2,1-4H3,(H,18,21)(H,19,20)/t12-/m0/s1. The maximum Gasteiger partial charge on any atom is 0.260 e. The summed E-state index contributed by atoms with van der Waals surface area (Å²) in [6, 6.07) is 5.76. The molecule has 0 aromatic heterocycles. The Morgan fingerprint density at radius 3 is 2.55 bits per heavy atom. The highest BCUT2D eigenvalue weighted by Crippen LogP contribution is 2.26. The van der Waals surface area contributed by atoms with Gasteiger partial charge in [0.25, 0.3) is 5.91 Å². The van der Waals surface area contributed by atoms with E-state index in [2.05, 4.69) is 26.6 Å². The van der Waals surface area contributed by atoms with Crippen LogP contribution in [0.3, 0.4) is 0 Å². The summed E-state index contributed by atoms with van der Waals surface area (Å²) >= 11 is 3.41. The van der Waals surface area contributed by atoms with Crippen molar-refractivity contribution in [2.45, 2.75) is 46.3 Å². The molecule has 1 aromatic rings. The van der Waals surface area contributed by atoms with Crippen LogP contribution in [0, 0.1) is 6.92 Å². The molecule has 0 bridgehead atoms. The van der Waals surface area contributed by atoms with Crippen LogP contribution >= 0.6 is 15.9 Å². The highest BCUT2D eigenvalue weighted by molar-refractivity contribution is 9.10. The second kappa shape index (κ2) is 8.78. The van der Waals surface area contributed by atoms with Gasteiger partial charge in [-0.1, -0.05) is 6.07 Å². The molecule has 0 spiro atoms. The Balaban J connectivity index is 2.40. The van der Waals surface area contributed by atoms with E-state index in [1.165, 1.54) is 0 Å². The van der Waals surface area contributed by atoms with Gasteiger partial charge in [0.1, 0.15) is 5.75 Å². The monoisotopic (exact) mass is 370 g/mol. The molecule has 2 amide bonds. The van der Waals surface area contributed by atoms with E-state index in [4.69, 9.17) is 4.74 Å². The molecule has 0 radical (unpaired) electrons. The van der Waals surface area contributed by atoms with Crippen molar-refractivity contribution in [3.63, 3.8) is 0 Å². The molecule has 0 heterocycles. The lowest BCUT2D eigenvalue weighted by Gasteiger charge is -2.16. The van der Waals surface area contributed by atoms with E-state index >= 15 is 0 Å². The van der Waals surface area contributed by atoms with Crippen LogP contribution in [0.1, 0.15) is 32.8 Å². The van der Waals surface area contributed by atoms with Crippen molar-refractivity contribution in [1.82, 2.24) is 10.6 Å². The lowest BCUT2D eigenvalue weighted by molar-refractivity contribution is -0.127. The zero-order chi connectivity index (χ0) is 16.7. The Bertz CT molecular complexity index is 532. The van der Waals surface area contributed by atoms with Crippen molar-refractivity contribution in [2.75, 3.05) is 6.54 Å². The number of ether oxygens (including phenoxy) is 1. The highest BCUT2D eigenvalue weighted by Gasteiger charge is 2.16. The third-order valence-electron chi connectivity index (χ3n) is 2.86. The highest BCUT2D eigenvalue weighted by atomic mass is 79.9. The molecule has 0 aliphatic carbocycles. The van der Waals surface area contributed by atoms with Crippen molar-refractivity contribution in [3.05, 3.63) is 28.2 Å². The van der Waals surface area contributed by atoms with Crippen molar-refractivity contribution in [2.24, 2.45) is 0 Å². The first-order valence-electron chi connectivity index (χ1n) is 7.29. The van der Waals surface area contributed by atoms with E-state index in [0.717, 1.165) is 10.0 Å². The molecule has 0 aliphatic heterocycles. The molecule has 22 heavy (non-hydrogen) atoms. The van der Waals surface area contributed by atoms with Crippen LogP contribution in [-0.2, 0) is 9.59 Å². The van der Waals surface area contributed by atoms with E-state index < -0.39 is 6.10 Å². The van der Waals surface area contributed by atoms with E-state index in [1.807, 2.05) is 39.0 Å². The summed E-state index contributed by atoms with van der Waals surface area (Å²) in [7, 11) is 0. The fourth-order valence-corrected chi connectivity index (χ4v) is 2.37. The fourth-order valence-electron chi connectivity index (χ4n) is 1.78. The average Bonchev–Trinajstić information content (AvgIpc) is 2.40. The van der Waals surface area contributed by atoms with Gasteiger partial charge in [-0.05, 0) is 61.3 Å². The minimum atomic E-state index is -0.632. The summed E-state index contributed by atoms with van der Waals surface area (Å²) in [5.41, 5.74) is 1.10. The predicted octanol–water partition coefficient (Wildman–Crippen LogP) is 2.56. The molecule has 1 atom stereocenters. The number of rotatable bonds is 7. The topological polar surface area (TPSA) is 67.4 Å². The van der Waals surface area contributed by atoms with Gasteiger partial charge >= 0.3 is 0 Å². The number of amides is 2. The molecule has 0 saturated heterocycles. The predicted molar refractivity (Wildman–Crippen MR) is 89.9 cm³/mol. The molecule has 0 saturated carbocycles. The van der Waals surface area contributed by atoms with Crippen LogP contribution in [0.5, 0.6) is 5.75 Å². The summed E-state index contributed by atoms with van der Waals surface area (Å²) in [5.74, 6) is 0.292. The minimum Gasteiger partial charge on any atom is -0.480 e. The van der Waals surface area contributed by atoms with E-state index in [0.29, 0.717) is 12.3 Å². The molecule has 1 rings (SSSR count). The SMILES string of the molecule is Cc1ccc(O[C@@H](C)C(=O)NCCC(=O)NC(C)C)c(Br)c1. The molecule has 6 heteroatoms. The molecule has 2 N–H and O–H groups in total. The molecular weight excluding hydrogens is 348 g/mol. The first-order valence-corrected chi connectivity index (χ1v) is 8.08. The smallest absolute Gasteiger partial charge is 0.260 e. The van der Waals surface area contributed by atoms with Crippen molar-refractivity contribution < 1.29 is 14.3 Å². The number of hydrogen-bond acceptors (Lipinski definition) is 3. The lowest BCUT2D eigenvalue weighted by Crippen LogP contribution is -2.39. The molecule has 0 unspecified atom stereocenters. The molecular formula is C16H23BrN2O3. The molecule has 122 valence electrons. The van der Waals surface area contributed by atoms with Crippen LogP contribution in [0.4, 0.5) is 0 Å². The third-order valence-corrected chi connectivity index (χ3v) is 3.48. The number of carbonyl (C=O) groups is 2. The number of nitrogens with one attached hydrogen (secondary N) is 2. The van der Waals surface area contributed by atoms with Gasteiger partial charge < -0.3 is 15.4 Å². The normalized spacial score (nSPS) is 11.9. The van der Waals surface area contributed by atoms with Gasteiger partial charge in [-0.2, -0.15) is 0 Å². The van der Waals surface area contributed by atoms with Crippen LogP contribution in [0.15, 0.2) is 22.7 Å². The van der Waals surface area contributed by atoms with E-state index in [1.54, 1.807) is 6.92 Å². The number of hydrogen-bond donors (Lipinski definition) is 2. The third kappa shape index (κ3) is 6.47. The second-order valence-electron chi connectivity index (χ2n) is 5.46. The second-order valence-corrected chi connectivity index (χ2v) is 6.31. The minimum absolute atomic E-state index is 0.0786. The maximum atomic E-state index is 11.9. The molecule has 5 nitrogen and oxygen atoms in total. The van der Waals surface area contributed by atoms with E-state index in [-0.39, 0.29) is 24.3 Å². The van der Waals surface area contributed by atoms with Crippen LogP contribution < -0.4 is 15.4 Å². The molecule has 0 aliphatic rings. The first kappa shape index (κ1) is 18.5. The van der Waals surface area contributed by atoms with E-state index in [9.17, 15) is 9.59 Å². The zero-order valence-electron chi connectivity index (χ0n) is 13.4. The van der Waals surface area contributed by atoms with Crippen LogP contribution in [0.2, 0.25) is 0 Å². The largest absolute Gasteiger partial charge is 0.480 e. The van der Waals surface area contributed by atoms with Gasteiger partial charge in [-0.15, -0.1) is 0 Å². The summed E-state index contributed by atoms with van der Waals surface area (Å²) in [6.45, 7) is 7.74. The van der Waals surface area contributed by atoms with Gasteiger partial charge in [0.05, 0.1) is 4.47 Å². The summed E-state index contributed by atoms with van der Waals surface area (Å²) in [6.07, 6.45) is -0.377. The van der Waals surface area contributed by atoms with Crippen LogP contribution in [0.25, 0.3) is 0 Å². The fraction of sp³-hybridized carbons (Fsp3) is 0.500. The van der Waals surface area contributed by atoms with Gasteiger partial charge in [0.15, 0.2) is 6.10 Å². The lowest BCUT2D eigenvalue weighted by atomic mass is 10.2. The van der Waals surface area contributed by atoms with Crippen molar-refractivity contribution in [3.8, 4) is 5.75 Å².